The molecule has 0 aromatic heterocycles. The molecule has 2 atom stereocenters. The predicted molar refractivity (Wildman–Crippen MR) is 74.1 cm³/mol. The number of halogens is 3. The Morgan fingerprint density at radius 1 is 1.00 bits per heavy atom. The highest BCUT2D eigenvalue weighted by atomic mass is 19.1. The monoisotopic (exact) mass is 295 g/mol. The maximum atomic E-state index is 13.6. The summed E-state index contributed by atoms with van der Waals surface area (Å²) in [6.45, 7) is 1.89. The molecule has 112 valence electrons. The lowest BCUT2D eigenvalue weighted by molar-refractivity contribution is 0.170. The van der Waals surface area contributed by atoms with Crippen LogP contribution in [-0.2, 0) is 0 Å². The molecule has 2 rings (SSSR count). The van der Waals surface area contributed by atoms with Gasteiger partial charge in [0.1, 0.15) is 17.5 Å². The van der Waals surface area contributed by atoms with Crippen molar-refractivity contribution in [3.8, 4) is 0 Å². The van der Waals surface area contributed by atoms with Crippen molar-refractivity contribution in [2.45, 2.75) is 19.1 Å². The molecular weight excluding hydrogens is 279 g/mol. The van der Waals surface area contributed by atoms with Crippen LogP contribution in [0.25, 0.3) is 0 Å². The zero-order valence-corrected chi connectivity index (χ0v) is 11.5. The van der Waals surface area contributed by atoms with Gasteiger partial charge in [-0.15, -0.1) is 0 Å². The van der Waals surface area contributed by atoms with Crippen molar-refractivity contribution in [3.05, 3.63) is 71.0 Å². The van der Waals surface area contributed by atoms with Crippen molar-refractivity contribution in [1.82, 2.24) is 5.32 Å². The van der Waals surface area contributed by atoms with Crippen LogP contribution in [-0.4, -0.2) is 11.7 Å². The third-order valence-corrected chi connectivity index (χ3v) is 3.30. The van der Waals surface area contributed by atoms with Crippen molar-refractivity contribution in [2.75, 3.05) is 6.54 Å². The summed E-state index contributed by atoms with van der Waals surface area (Å²) in [5.41, 5.74) is 0.887. The maximum Gasteiger partial charge on any atom is 0.130 e. The molecule has 0 bridgehead atoms. The average Bonchev–Trinajstić information content (AvgIpc) is 2.45. The van der Waals surface area contributed by atoms with Crippen LogP contribution in [0.2, 0.25) is 0 Å². The number of hydrogen-bond acceptors (Lipinski definition) is 2. The zero-order chi connectivity index (χ0) is 15.4. The molecule has 0 amide bonds. The first-order valence-corrected chi connectivity index (χ1v) is 6.59. The molecule has 0 heterocycles. The lowest BCUT2D eigenvalue weighted by Crippen LogP contribution is -2.25. The third kappa shape index (κ3) is 4.06. The minimum Gasteiger partial charge on any atom is -0.387 e. The Kier molecular flexibility index (Phi) is 4.98. The fraction of sp³-hybridized carbons (Fsp3) is 0.250. The van der Waals surface area contributed by atoms with Gasteiger partial charge in [-0.1, -0.05) is 18.2 Å². The minimum atomic E-state index is -0.837. The van der Waals surface area contributed by atoms with E-state index in [1.54, 1.807) is 6.92 Å². The van der Waals surface area contributed by atoms with Crippen LogP contribution in [0, 0.1) is 17.5 Å². The second-order valence-electron chi connectivity index (χ2n) is 4.86. The van der Waals surface area contributed by atoms with Gasteiger partial charge in [0.25, 0.3) is 0 Å². The van der Waals surface area contributed by atoms with Crippen LogP contribution < -0.4 is 5.32 Å². The van der Waals surface area contributed by atoms with Gasteiger partial charge in [-0.25, -0.2) is 13.2 Å². The summed E-state index contributed by atoms with van der Waals surface area (Å²) in [6, 6.07) is 8.50. The summed E-state index contributed by atoms with van der Waals surface area (Å²) in [6.07, 6.45) is -0.837. The molecule has 2 N–H and O–H groups in total. The molecule has 2 aromatic rings. The third-order valence-electron chi connectivity index (χ3n) is 3.30. The Balaban J connectivity index is 1.97. The van der Waals surface area contributed by atoms with Crippen molar-refractivity contribution in [1.29, 1.82) is 0 Å². The highest BCUT2D eigenvalue weighted by molar-refractivity contribution is 5.22. The first kappa shape index (κ1) is 15.5. The van der Waals surface area contributed by atoms with Crippen LogP contribution in [0.3, 0.4) is 0 Å². The maximum absolute atomic E-state index is 13.6. The second-order valence-corrected chi connectivity index (χ2v) is 4.86. The van der Waals surface area contributed by atoms with E-state index < -0.39 is 17.7 Å². The van der Waals surface area contributed by atoms with Gasteiger partial charge < -0.3 is 10.4 Å². The Morgan fingerprint density at radius 2 is 1.62 bits per heavy atom. The van der Waals surface area contributed by atoms with Gasteiger partial charge in [-0.2, -0.15) is 0 Å². The fourth-order valence-corrected chi connectivity index (χ4v) is 2.05. The first-order chi connectivity index (χ1) is 9.97. The Hall–Kier alpha value is -1.85. The number of aliphatic hydroxyl groups is 1. The molecule has 0 aliphatic heterocycles. The molecule has 0 spiro atoms. The van der Waals surface area contributed by atoms with Gasteiger partial charge in [-0.05, 0) is 30.7 Å². The normalized spacial score (nSPS) is 14.0. The van der Waals surface area contributed by atoms with E-state index in [9.17, 15) is 18.3 Å². The summed E-state index contributed by atoms with van der Waals surface area (Å²) in [5.74, 6) is -1.64. The molecule has 0 aliphatic rings. The van der Waals surface area contributed by atoms with E-state index in [1.807, 2.05) is 0 Å². The molecule has 0 fully saturated rings. The predicted octanol–water partition coefficient (Wildman–Crippen LogP) is 3.49. The van der Waals surface area contributed by atoms with E-state index in [2.05, 4.69) is 5.32 Å². The van der Waals surface area contributed by atoms with Gasteiger partial charge in [-0.3, -0.25) is 0 Å². The van der Waals surface area contributed by atoms with Crippen molar-refractivity contribution < 1.29 is 18.3 Å². The lowest BCUT2D eigenvalue weighted by atomic mass is 10.1. The number of aliphatic hydroxyl groups excluding tert-OH is 1. The number of hydrogen-bond donors (Lipinski definition) is 2. The van der Waals surface area contributed by atoms with Gasteiger partial charge in [0.05, 0.1) is 6.10 Å². The molecular formula is C16H16F3NO. The smallest absolute Gasteiger partial charge is 0.130 e. The molecule has 0 radical (unpaired) electrons. The average molecular weight is 295 g/mol. The molecule has 2 nitrogen and oxygen atoms in total. The fourth-order valence-electron chi connectivity index (χ4n) is 2.05. The summed E-state index contributed by atoms with van der Waals surface area (Å²) in [4.78, 5) is 0. The standard InChI is InChI=1S/C16H16F3NO/c1-10(14-7-6-13(18)8-15(14)19)20-9-16(21)11-2-4-12(17)5-3-11/h2-8,10,16,20-21H,9H2,1H3. The van der Waals surface area contributed by atoms with E-state index in [0.717, 1.165) is 6.07 Å². The number of nitrogens with one attached hydrogen (secondary N) is 1. The Morgan fingerprint density at radius 3 is 2.24 bits per heavy atom. The SMILES string of the molecule is CC(NCC(O)c1ccc(F)cc1)c1ccc(F)cc1F. The lowest BCUT2D eigenvalue weighted by Gasteiger charge is -2.18. The zero-order valence-electron chi connectivity index (χ0n) is 11.5. The Labute approximate surface area is 121 Å². The highest BCUT2D eigenvalue weighted by Gasteiger charge is 2.14. The first-order valence-electron chi connectivity index (χ1n) is 6.59. The van der Waals surface area contributed by atoms with Gasteiger partial charge in [0.2, 0.25) is 0 Å². The number of benzene rings is 2. The molecule has 0 saturated carbocycles. The van der Waals surface area contributed by atoms with Crippen LogP contribution in [0.4, 0.5) is 13.2 Å². The summed E-state index contributed by atoms with van der Waals surface area (Å²) >= 11 is 0. The number of rotatable bonds is 5. The largest absolute Gasteiger partial charge is 0.387 e. The van der Waals surface area contributed by atoms with Crippen LogP contribution >= 0.6 is 0 Å². The molecule has 0 aliphatic carbocycles. The molecule has 2 aromatic carbocycles. The van der Waals surface area contributed by atoms with Gasteiger partial charge in [0, 0.05) is 24.2 Å². The summed E-state index contributed by atoms with van der Waals surface area (Å²) in [5, 5.41) is 12.9. The highest BCUT2D eigenvalue weighted by Crippen LogP contribution is 2.19. The second kappa shape index (κ2) is 6.74. The molecule has 5 heteroatoms. The van der Waals surface area contributed by atoms with E-state index in [-0.39, 0.29) is 18.4 Å². The van der Waals surface area contributed by atoms with E-state index in [0.29, 0.717) is 11.1 Å². The molecule has 2 unspecified atom stereocenters. The van der Waals surface area contributed by atoms with Crippen LogP contribution in [0.5, 0.6) is 0 Å². The summed E-state index contributed by atoms with van der Waals surface area (Å²) < 4.78 is 39.2. The summed E-state index contributed by atoms with van der Waals surface area (Å²) in [7, 11) is 0. The van der Waals surface area contributed by atoms with Gasteiger partial charge in [0.15, 0.2) is 0 Å². The minimum absolute atomic E-state index is 0.170. The van der Waals surface area contributed by atoms with Crippen molar-refractivity contribution >= 4 is 0 Å². The quantitative estimate of drug-likeness (QED) is 0.885. The van der Waals surface area contributed by atoms with E-state index in [1.165, 1.54) is 36.4 Å². The topological polar surface area (TPSA) is 32.3 Å². The van der Waals surface area contributed by atoms with Crippen LogP contribution in [0.15, 0.2) is 42.5 Å². The van der Waals surface area contributed by atoms with Crippen molar-refractivity contribution in [3.63, 3.8) is 0 Å². The molecule has 0 saturated heterocycles. The van der Waals surface area contributed by atoms with E-state index in [4.69, 9.17) is 0 Å². The van der Waals surface area contributed by atoms with E-state index >= 15 is 0 Å². The van der Waals surface area contributed by atoms with Crippen LogP contribution in [0.1, 0.15) is 30.2 Å². The Bertz CT molecular complexity index is 601. The molecule has 21 heavy (non-hydrogen) atoms. The van der Waals surface area contributed by atoms with Gasteiger partial charge >= 0.3 is 0 Å². The van der Waals surface area contributed by atoms with Crippen molar-refractivity contribution in [2.24, 2.45) is 0 Å².